The molecule has 2 aromatic carbocycles. The van der Waals surface area contributed by atoms with E-state index in [0.717, 1.165) is 15.7 Å². The second-order valence-electron chi connectivity index (χ2n) is 3.91. The predicted molar refractivity (Wildman–Crippen MR) is 83.1 cm³/mol. The molecular weight excluding hydrogens is 349 g/mol. The highest BCUT2D eigenvalue weighted by Gasteiger charge is 2.08. The normalized spacial score (nSPS) is 10.3. The lowest BCUT2D eigenvalue weighted by Crippen LogP contribution is -2.11. The lowest BCUT2D eigenvalue weighted by molar-refractivity contribution is 0.102. The van der Waals surface area contributed by atoms with Crippen LogP contribution in [0.25, 0.3) is 0 Å². The number of benzene rings is 2. The van der Waals surface area contributed by atoms with Crippen molar-refractivity contribution in [3.63, 3.8) is 0 Å². The number of amides is 1. The molecule has 2 rings (SSSR count). The first-order valence-electron chi connectivity index (χ1n) is 5.51. The van der Waals surface area contributed by atoms with Crippen molar-refractivity contribution >= 4 is 50.7 Å². The Balaban J connectivity index is 2.13. The molecule has 0 spiro atoms. The number of halogens is 3. The van der Waals surface area contributed by atoms with Crippen molar-refractivity contribution in [2.24, 2.45) is 0 Å². The van der Waals surface area contributed by atoms with Crippen molar-refractivity contribution in [3.8, 4) is 0 Å². The van der Waals surface area contributed by atoms with Gasteiger partial charge in [0.2, 0.25) is 0 Å². The SMILES string of the molecule is O=C(Nc1ccc(CCl)cc1)c1ccc(Br)c(Cl)c1. The highest BCUT2D eigenvalue weighted by Crippen LogP contribution is 2.23. The molecule has 0 aliphatic carbocycles. The molecule has 0 radical (unpaired) electrons. The Bertz CT molecular complexity index is 599. The summed E-state index contributed by atoms with van der Waals surface area (Å²) in [6, 6.07) is 12.4. The van der Waals surface area contributed by atoms with Crippen LogP contribution in [0.1, 0.15) is 15.9 Å². The van der Waals surface area contributed by atoms with Gasteiger partial charge in [-0.25, -0.2) is 0 Å². The van der Waals surface area contributed by atoms with E-state index in [4.69, 9.17) is 23.2 Å². The Morgan fingerprint density at radius 2 is 1.84 bits per heavy atom. The fraction of sp³-hybridized carbons (Fsp3) is 0.0714. The maximum Gasteiger partial charge on any atom is 0.255 e. The lowest BCUT2D eigenvalue weighted by Gasteiger charge is -2.06. The topological polar surface area (TPSA) is 29.1 Å². The van der Waals surface area contributed by atoms with Crippen molar-refractivity contribution in [1.82, 2.24) is 0 Å². The van der Waals surface area contributed by atoms with Crippen LogP contribution in [0.15, 0.2) is 46.9 Å². The van der Waals surface area contributed by atoms with Crippen LogP contribution < -0.4 is 5.32 Å². The van der Waals surface area contributed by atoms with Gasteiger partial charge in [0.25, 0.3) is 5.91 Å². The van der Waals surface area contributed by atoms with E-state index in [9.17, 15) is 4.79 Å². The van der Waals surface area contributed by atoms with E-state index in [0.29, 0.717) is 16.5 Å². The summed E-state index contributed by atoms with van der Waals surface area (Å²) in [7, 11) is 0. The summed E-state index contributed by atoms with van der Waals surface area (Å²) in [4.78, 5) is 12.0. The number of nitrogens with one attached hydrogen (secondary N) is 1. The fourth-order valence-electron chi connectivity index (χ4n) is 1.52. The Labute approximate surface area is 129 Å². The van der Waals surface area contributed by atoms with Gasteiger partial charge in [-0.3, -0.25) is 4.79 Å². The molecule has 0 heterocycles. The standard InChI is InChI=1S/C14H10BrCl2NO/c15-12-6-3-10(7-13(12)17)14(19)18-11-4-1-9(8-16)2-5-11/h1-7H,8H2,(H,18,19). The first-order chi connectivity index (χ1) is 9.10. The summed E-state index contributed by atoms with van der Waals surface area (Å²) in [5, 5.41) is 3.30. The van der Waals surface area contributed by atoms with Crippen LogP contribution in [0.4, 0.5) is 5.69 Å². The van der Waals surface area contributed by atoms with Crippen LogP contribution in [-0.4, -0.2) is 5.91 Å². The van der Waals surface area contributed by atoms with Crippen molar-refractivity contribution in [2.45, 2.75) is 5.88 Å². The number of alkyl halides is 1. The summed E-state index contributed by atoms with van der Waals surface area (Å²) in [6.45, 7) is 0. The lowest BCUT2D eigenvalue weighted by atomic mass is 10.2. The summed E-state index contributed by atoms with van der Waals surface area (Å²) in [6.07, 6.45) is 0. The van der Waals surface area contributed by atoms with Crippen LogP contribution in [0.5, 0.6) is 0 Å². The summed E-state index contributed by atoms with van der Waals surface area (Å²) in [5.74, 6) is 0.254. The fourth-order valence-corrected chi connectivity index (χ4v) is 2.12. The second kappa shape index (κ2) is 6.42. The van der Waals surface area contributed by atoms with Gasteiger partial charge in [-0.1, -0.05) is 23.7 Å². The van der Waals surface area contributed by atoms with Crippen LogP contribution in [0, 0.1) is 0 Å². The molecule has 0 aliphatic rings. The highest BCUT2D eigenvalue weighted by molar-refractivity contribution is 9.10. The zero-order valence-electron chi connectivity index (χ0n) is 9.79. The number of hydrogen-bond donors (Lipinski definition) is 1. The van der Waals surface area contributed by atoms with Crippen LogP contribution in [0.3, 0.4) is 0 Å². The van der Waals surface area contributed by atoms with Crippen molar-refractivity contribution < 1.29 is 4.79 Å². The van der Waals surface area contributed by atoms with E-state index in [-0.39, 0.29) is 5.91 Å². The van der Waals surface area contributed by atoms with Gasteiger partial charge in [-0.15, -0.1) is 11.6 Å². The van der Waals surface area contributed by atoms with Crippen LogP contribution >= 0.6 is 39.1 Å². The molecule has 0 saturated heterocycles. The summed E-state index contributed by atoms with van der Waals surface area (Å²) < 4.78 is 0.761. The molecule has 2 nitrogen and oxygen atoms in total. The Morgan fingerprint density at radius 1 is 1.16 bits per heavy atom. The van der Waals surface area contributed by atoms with E-state index in [2.05, 4.69) is 21.2 Å². The summed E-state index contributed by atoms with van der Waals surface area (Å²) >= 11 is 15.0. The highest BCUT2D eigenvalue weighted by atomic mass is 79.9. The molecule has 19 heavy (non-hydrogen) atoms. The quantitative estimate of drug-likeness (QED) is 0.760. The molecule has 1 amide bonds. The monoisotopic (exact) mass is 357 g/mol. The third-order valence-electron chi connectivity index (χ3n) is 2.55. The second-order valence-corrected chi connectivity index (χ2v) is 5.44. The average molecular weight is 359 g/mol. The molecule has 0 aliphatic heterocycles. The van der Waals surface area contributed by atoms with Gasteiger partial charge in [-0.2, -0.15) is 0 Å². The number of carbonyl (C=O) groups excluding carboxylic acids is 1. The van der Waals surface area contributed by atoms with Crippen LogP contribution in [-0.2, 0) is 5.88 Å². The molecule has 2 aromatic rings. The van der Waals surface area contributed by atoms with Gasteiger partial charge in [0.1, 0.15) is 0 Å². The van der Waals surface area contributed by atoms with Crippen molar-refractivity contribution in [3.05, 3.63) is 63.1 Å². The molecule has 5 heteroatoms. The van der Waals surface area contributed by atoms with Crippen molar-refractivity contribution in [2.75, 3.05) is 5.32 Å². The molecule has 1 N–H and O–H groups in total. The number of anilines is 1. The number of rotatable bonds is 3. The molecule has 0 atom stereocenters. The minimum atomic E-state index is -0.201. The smallest absolute Gasteiger partial charge is 0.255 e. The Hall–Kier alpha value is -1.03. The minimum absolute atomic E-state index is 0.201. The predicted octanol–water partition coefficient (Wildman–Crippen LogP) is 5.09. The average Bonchev–Trinajstić information content (AvgIpc) is 2.42. The number of carbonyl (C=O) groups is 1. The van der Waals surface area contributed by atoms with Crippen molar-refractivity contribution in [1.29, 1.82) is 0 Å². The van der Waals surface area contributed by atoms with E-state index in [1.807, 2.05) is 24.3 Å². The van der Waals surface area contributed by atoms with Gasteiger partial charge in [0.15, 0.2) is 0 Å². The van der Waals surface area contributed by atoms with Gasteiger partial charge >= 0.3 is 0 Å². The molecule has 0 saturated carbocycles. The first-order valence-corrected chi connectivity index (χ1v) is 7.22. The van der Waals surface area contributed by atoms with Gasteiger partial charge in [-0.05, 0) is 51.8 Å². The molecular formula is C14H10BrCl2NO. The molecule has 0 bridgehead atoms. The van der Waals surface area contributed by atoms with E-state index >= 15 is 0 Å². The largest absolute Gasteiger partial charge is 0.322 e. The zero-order chi connectivity index (χ0) is 13.8. The van der Waals surface area contributed by atoms with E-state index in [1.165, 1.54) is 0 Å². The third kappa shape index (κ3) is 3.72. The zero-order valence-corrected chi connectivity index (χ0v) is 12.9. The summed E-state index contributed by atoms with van der Waals surface area (Å²) in [5.41, 5.74) is 2.24. The Morgan fingerprint density at radius 3 is 2.42 bits per heavy atom. The number of hydrogen-bond acceptors (Lipinski definition) is 1. The third-order valence-corrected chi connectivity index (χ3v) is 4.09. The molecule has 0 unspecified atom stereocenters. The molecule has 0 aromatic heterocycles. The molecule has 98 valence electrons. The minimum Gasteiger partial charge on any atom is -0.322 e. The van der Waals surface area contributed by atoms with E-state index < -0.39 is 0 Å². The van der Waals surface area contributed by atoms with Gasteiger partial charge in [0.05, 0.1) is 5.02 Å². The van der Waals surface area contributed by atoms with E-state index in [1.54, 1.807) is 18.2 Å². The van der Waals surface area contributed by atoms with Gasteiger partial charge in [0, 0.05) is 21.6 Å². The Kier molecular flexibility index (Phi) is 4.86. The maximum absolute atomic E-state index is 12.0. The molecule has 0 fully saturated rings. The van der Waals surface area contributed by atoms with Gasteiger partial charge < -0.3 is 5.32 Å². The maximum atomic E-state index is 12.0. The van der Waals surface area contributed by atoms with Crippen LogP contribution in [0.2, 0.25) is 5.02 Å². The first kappa shape index (κ1) is 14.4.